The van der Waals surface area contributed by atoms with E-state index < -0.39 is 0 Å². The lowest BCUT2D eigenvalue weighted by molar-refractivity contribution is -0.139. The van der Waals surface area contributed by atoms with Crippen molar-refractivity contribution in [2.45, 2.75) is 32.1 Å². The predicted molar refractivity (Wildman–Crippen MR) is 104 cm³/mol. The molecule has 1 fully saturated rings. The zero-order valence-corrected chi connectivity index (χ0v) is 15.2. The zero-order chi connectivity index (χ0) is 18.4. The van der Waals surface area contributed by atoms with Crippen molar-refractivity contribution < 1.29 is 9.53 Å². The molecule has 0 radical (unpaired) electrons. The summed E-state index contributed by atoms with van der Waals surface area (Å²) in [6.07, 6.45) is 6.97. The van der Waals surface area contributed by atoms with Crippen LogP contribution in [0.5, 0.6) is 5.75 Å². The average molecular weight is 366 g/mol. The third-order valence-corrected chi connectivity index (χ3v) is 4.82. The first-order chi connectivity index (χ1) is 12.7. The number of halogens is 1. The van der Waals surface area contributed by atoms with Gasteiger partial charge in [0.2, 0.25) is 0 Å². The van der Waals surface area contributed by atoms with E-state index in [1.165, 1.54) is 6.42 Å². The van der Waals surface area contributed by atoms with Crippen molar-refractivity contribution in [3.05, 3.63) is 64.7 Å². The van der Waals surface area contributed by atoms with E-state index in [-0.39, 0.29) is 11.9 Å². The van der Waals surface area contributed by atoms with Crippen LogP contribution in [0.15, 0.2) is 48.5 Å². The van der Waals surface area contributed by atoms with Crippen molar-refractivity contribution in [2.24, 2.45) is 5.92 Å². The van der Waals surface area contributed by atoms with E-state index in [0.717, 1.165) is 36.8 Å². The van der Waals surface area contributed by atoms with Gasteiger partial charge in [0.1, 0.15) is 5.75 Å². The van der Waals surface area contributed by atoms with Crippen LogP contribution < -0.4 is 4.74 Å². The number of ether oxygens (including phenoxy) is 1. The molecule has 0 amide bonds. The highest BCUT2D eigenvalue weighted by atomic mass is 35.5. The largest absolute Gasteiger partial charge is 0.426 e. The third-order valence-electron chi connectivity index (χ3n) is 4.58. The Morgan fingerprint density at radius 3 is 2.62 bits per heavy atom. The number of carbonyl (C=O) groups is 1. The molecule has 2 aromatic carbocycles. The van der Waals surface area contributed by atoms with Gasteiger partial charge >= 0.3 is 5.97 Å². The van der Waals surface area contributed by atoms with Gasteiger partial charge < -0.3 is 4.74 Å². The summed E-state index contributed by atoms with van der Waals surface area (Å²) in [5, 5.41) is 10.1. The summed E-state index contributed by atoms with van der Waals surface area (Å²) in [6.45, 7) is 0. The molecule has 1 saturated carbocycles. The van der Waals surface area contributed by atoms with Crippen LogP contribution in [0.3, 0.4) is 0 Å². The molecule has 0 aromatic heterocycles. The number of esters is 1. The number of nitriles is 1. The molecule has 3 nitrogen and oxygen atoms in total. The monoisotopic (exact) mass is 365 g/mol. The van der Waals surface area contributed by atoms with Gasteiger partial charge in [-0.3, -0.25) is 4.79 Å². The lowest BCUT2D eigenvalue weighted by Gasteiger charge is -2.19. The fourth-order valence-corrected chi connectivity index (χ4v) is 3.40. The number of rotatable bonds is 4. The van der Waals surface area contributed by atoms with E-state index in [0.29, 0.717) is 16.3 Å². The summed E-state index contributed by atoms with van der Waals surface area (Å²) in [4.78, 5) is 12.3. The minimum Gasteiger partial charge on any atom is -0.426 e. The molecular formula is C22H20ClNO2. The normalized spacial score (nSPS) is 15.3. The first kappa shape index (κ1) is 18.2. The van der Waals surface area contributed by atoms with E-state index in [1.807, 2.05) is 24.3 Å². The second-order valence-corrected chi connectivity index (χ2v) is 6.95. The number of benzene rings is 2. The highest BCUT2D eigenvalue weighted by Crippen LogP contribution is 2.27. The van der Waals surface area contributed by atoms with Crippen LogP contribution in [0.2, 0.25) is 5.02 Å². The molecule has 1 aliphatic carbocycles. The van der Waals surface area contributed by atoms with Crippen molar-refractivity contribution in [3.63, 3.8) is 0 Å². The van der Waals surface area contributed by atoms with Crippen molar-refractivity contribution in [1.82, 2.24) is 0 Å². The summed E-state index contributed by atoms with van der Waals surface area (Å²) in [5.74, 6) is 0.364. The Morgan fingerprint density at radius 1 is 1.12 bits per heavy atom. The smallest absolute Gasteiger partial charge is 0.314 e. The number of hydrogen-bond acceptors (Lipinski definition) is 3. The summed E-state index contributed by atoms with van der Waals surface area (Å²) in [5.41, 5.74) is 2.06. The standard InChI is InChI=1S/C22H20ClNO2/c23-20-10-5-9-18(14-20)19(15-24)12-16-6-4-11-21(13-16)26-22(25)17-7-2-1-3-8-17/h4-6,9-14,17H,1-3,7-8H2/b19-12-. The Labute approximate surface area is 158 Å². The topological polar surface area (TPSA) is 50.1 Å². The number of allylic oxidation sites excluding steroid dienone is 1. The minimum absolute atomic E-state index is 0.00378. The van der Waals surface area contributed by atoms with E-state index in [9.17, 15) is 10.1 Å². The molecule has 0 bridgehead atoms. The van der Waals surface area contributed by atoms with Crippen LogP contribution >= 0.6 is 11.6 Å². The molecule has 0 spiro atoms. The molecule has 0 unspecified atom stereocenters. The van der Waals surface area contributed by atoms with Gasteiger partial charge in [0.15, 0.2) is 0 Å². The Balaban J connectivity index is 1.78. The van der Waals surface area contributed by atoms with Crippen LogP contribution in [0.25, 0.3) is 11.6 Å². The molecule has 0 saturated heterocycles. The third kappa shape index (κ3) is 4.74. The van der Waals surface area contributed by atoms with Gasteiger partial charge in [-0.1, -0.05) is 55.1 Å². The van der Waals surface area contributed by atoms with Gasteiger partial charge in [0, 0.05) is 5.02 Å². The van der Waals surface area contributed by atoms with Crippen molar-refractivity contribution in [3.8, 4) is 11.8 Å². The second-order valence-electron chi connectivity index (χ2n) is 6.51. The molecule has 0 N–H and O–H groups in total. The van der Waals surface area contributed by atoms with Crippen LogP contribution in [0.4, 0.5) is 0 Å². The molecule has 0 atom stereocenters. The Bertz CT molecular complexity index is 860. The van der Waals surface area contributed by atoms with Gasteiger partial charge in [-0.05, 0) is 54.3 Å². The Hall–Kier alpha value is -2.57. The van der Waals surface area contributed by atoms with Crippen LogP contribution in [-0.2, 0) is 4.79 Å². The number of hydrogen-bond donors (Lipinski definition) is 0. The maximum atomic E-state index is 12.3. The minimum atomic E-state index is -0.152. The van der Waals surface area contributed by atoms with E-state index in [2.05, 4.69) is 6.07 Å². The van der Waals surface area contributed by atoms with Gasteiger partial charge in [-0.2, -0.15) is 5.26 Å². The molecule has 1 aliphatic rings. The molecule has 2 aromatic rings. The summed E-state index contributed by atoms with van der Waals surface area (Å²) < 4.78 is 5.56. The first-order valence-corrected chi connectivity index (χ1v) is 9.23. The van der Waals surface area contributed by atoms with Gasteiger partial charge in [-0.15, -0.1) is 0 Å². The molecule has 132 valence electrons. The fourth-order valence-electron chi connectivity index (χ4n) is 3.21. The molecule has 4 heteroatoms. The van der Waals surface area contributed by atoms with Crippen LogP contribution in [0, 0.1) is 17.2 Å². The van der Waals surface area contributed by atoms with Crippen molar-refractivity contribution in [1.29, 1.82) is 5.26 Å². The quantitative estimate of drug-likeness (QED) is 0.294. The maximum Gasteiger partial charge on any atom is 0.314 e. The molecular weight excluding hydrogens is 346 g/mol. The van der Waals surface area contributed by atoms with Gasteiger partial charge in [0.25, 0.3) is 0 Å². The van der Waals surface area contributed by atoms with Crippen LogP contribution in [0.1, 0.15) is 43.2 Å². The summed E-state index contributed by atoms with van der Waals surface area (Å²) in [7, 11) is 0. The van der Waals surface area contributed by atoms with E-state index in [1.54, 1.807) is 30.3 Å². The maximum absolute atomic E-state index is 12.3. The molecule has 0 aliphatic heterocycles. The SMILES string of the molecule is N#C/C(=C/c1cccc(OC(=O)C2CCCCC2)c1)c1cccc(Cl)c1. The van der Waals surface area contributed by atoms with Gasteiger partial charge in [0.05, 0.1) is 17.6 Å². The van der Waals surface area contributed by atoms with Crippen molar-refractivity contribution >= 4 is 29.2 Å². The lowest BCUT2D eigenvalue weighted by atomic mass is 9.89. The van der Waals surface area contributed by atoms with Crippen LogP contribution in [-0.4, -0.2) is 5.97 Å². The zero-order valence-electron chi connectivity index (χ0n) is 14.5. The van der Waals surface area contributed by atoms with E-state index in [4.69, 9.17) is 16.3 Å². The Morgan fingerprint density at radius 2 is 1.88 bits per heavy atom. The van der Waals surface area contributed by atoms with Crippen molar-refractivity contribution in [2.75, 3.05) is 0 Å². The number of carbonyl (C=O) groups excluding carboxylic acids is 1. The average Bonchev–Trinajstić information content (AvgIpc) is 2.67. The Kier molecular flexibility index (Phi) is 6.09. The fraction of sp³-hybridized carbons (Fsp3) is 0.273. The molecule has 3 rings (SSSR count). The van der Waals surface area contributed by atoms with E-state index >= 15 is 0 Å². The number of nitrogens with zero attached hydrogens (tertiary/aromatic N) is 1. The summed E-state index contributed by atoms with van der Waals surface area (Å²) >= 11 is 6.01. The first-order valence-electron chi connectivity index (χ1n) is 8.85. The molecule has 26 heavy (non-hydrogen) atoms. The summed E-state index contributed by atoms with van der Waals surface area (Å²) in [6, 6.07) is 16.6. The van der Waals surface area contributed by atoms with Gasteiger partial charge in [-0.25, -0.2) is 0 Å². The molecule has 0 heterocycles. The lowest BCUT2D eigenvalue weighted by Crippen LogP contribution is -2.22. The second kappa shape index (κ2) is 8.69. The highest BCUT2D eigenvalue weighted by Gasteiger charge is 2.22. The highest BCUT2D eigenvalue weighted by molar-refractivity contribution is 6.30. The predicted octanol–water partition coefficient (Wildman–Crippen LogP) is 5.89.